The minimum absolute atomic E-state index is 0.368. The van der Waals surface area contributed by atoms with Gasteiger partial charge in [-0.05, 0) is 29.3 Å². The number of hydrogen-bond acceptors (Lipinski definition) is 2. The normalized spacial score (nSPS) is 10.9. The predicted octanol–water partition coefficient (Wildman–Crippen LogP) is 5.80. The first-order valence-corrected chi connectivity index (χ1v) is 9.06. The van der Waals surface area contributed by atoms with E-state index in [4.69, 9.17) is 16.3 Å². The lowest BCUT2D eigenvalue weighted by atomic mass is 10.1. The lowest BCUT2D eigenvalue weighted by Crippen LogP contribution is -2.06. The summed E-state index contributed by atoms with van der Waals surface area (Å²) in [5, 5.41) is 1.38. The van der Waals surface area contributed by atoms with Crippen LogP contribution in [0, 0.1) is 0 Å². The van der Waals surface area contributed by atoms with Gasteiger partial charge in [-0.2, -0.15) is 0 Å². The molecule has 3 nitrogen and oxygen atoms in total. The van der Waals surface area contributed by atoms with Crippen LogP contribution in [-0.4, -0.2) is 17.6 Å². The van der Waals surface area contributed by atoms with Gasteiger partial charge in [0.1, 0.15) is 0 Å². The topological polar surface area (TPSA) is 31.2 Å². The van der Waals surface area contributed by atoms with Gasteiger partial charge >= 0.3 is 5.97 Å². The number of nitrogens with zero attached hydrogens (tertiary/aromatic N) is 1. The minimum Gasteiger partial charge on any atom is -0.465 e. The number of esters is 1. The fraction of sp³-hybridized carbons (Fsp3) is 0.0870. The molecular formula is C23H18ClNO2. The average Bonchev–Trinajstić information content (AvgIpc) is 3.02. The number of methoxy groups -OCH3 is 1. The second kappa shape index (κ2) is 7.29. The first-order chi connectivity index (χ1) is 13.2. The lowest BCUT2D eigenvalue weighted by Gasteiger charge is -2.12. The summed E-state index contributed by atoms with van der Waals surface area (Å²) in [5.74, 6) is -0.368. The Morgan fingerprint density at radius 2 is 1.63 bits per heavy atom. The maximum absolute atomic E-state index is 12.7. The summed E-state index contributed by atoms with van der Waals surface area (Å²) in [5.41, 5.74) is 4.43. The molecule has 0 N–H and O–H groups in total. The molecule has 4 heteroatoms. The lowest BCUT2D eigenvalue weighted by molar-refractivity contribution is 0.0603. The summed E-state index contributed by atoms with van der Waals surface area (Å²) < 4.78 is 7.27. The molecule has 4 aromatic rings. The smallest absolute Gasteiger partial charge is 0.340 e. The van der Waals surface area contributed by atoms with Gasteiger partial charge in [0.15, 0.2) is 0 Å². The van der Waals surface area contributed by atoms with E-state index < -0.39 is 0 Å². The van der Waals surface area contributed by atoms with Crippen molar-refractivity contribution < 1.29 is 9.53 Å². The first kappa shape index (κ1) is 17.4. The first-order valence-electron chi connectivity index (χ1n) is 8.68. The predicted molar refractivity (Wildman–Crippen MR) is 109 cm³/mol. The molecule has 0 aliphatic rings. The standard InChI is InChI=1S/C23H18ClNO2/c1-27-23(26)21-19-14-18(24)12-13-20(19)25(15-16-8-4-2-5-9-16)22(21)17-10-6-3-7-11-17/h2-14H,15H2,1H3. The molecule has 0 atom stereocenters. The summed E-state index contributed by atoms with van der Waals surface area (Å²) in [6, 6.07) is 25.7. The molecule has 0 unspecified atom stereocenters. The summed E-state index contributed by atoms with van der Waals surface area (Å²) in [6.07, 6.45) is 0. The van der Waals surface area contributed by atoms with Crippen molar-refractivity contribution in [3.63, 3.8) is 0 Å². The van der Waals surface area contributed by atoms with Crippen LogP contribution >= 0.6 is 11.6 Å². The highest BCUT2D eigenvalue weighted by Gasteiger charge is 2.24. The Hall–Kier alpha value is -3.04. The Labute approximate surface area is 162 Å². The largest absolute Gasteiger partial charge is 0.465 e. The van der Waals surface area contributed by atoms with E-state index in [0.717, 1.165) is 27.7 Å². The molecule has 0 spiro atoms. The monoisotopic (exact) mass is 375 g/mol. The van der Waals surface area contributed by atoms with Crippen LogP contribution in [0.3, 0.4) is 0 Å². The van der Waals surface area contributed by atoms with Gasteiger partial charge in [-0.1, -0.05) is 72.3 Å². The zero-order valence-corrected chi connectivity index (χ0v) is 15.6. The van der Waals surface area contributed by atoms with E-state index in [1.54, 1.807) is 0 Å². The van der Waals surface area contributed by atoms with Crippen LogP contribution in [0.1, 0.15) is 15.9 Å². The molecule has 4 rings (SSSR count). The summed E-state index contributed by atoms with van der Waals surface area (Å²) in [4.78, 5) is 12.7. The highest BCUT2D eigenvalue weighted by molar-refractivity contribution is 6.31. The van der Waals surface area contributed by atoms with Crippen molar-refractivity contribution in [3.8, 4) is 11.3 Å². The highest BCUT2D eigenvalue weighted by Crippen LogP contribution is 2.36. The molecule has 134 valence electrons. The SMILES string of the molecule is COC(=O)c1c(-c2ccccc2)n(Cc2ccccc2)c2ccc(Cl)cc12. The third-order valence-corrected chi connectivity index (χ3v) is 4.88. The van der Waals surface area contributed by atoms with Crippen LogP contribution in [0.5, 0.6) is 0 Å². The van der Waals surface area contributed by atoms with E-state index >= 15 is 0 Å². The molecule has 1 heterocycles. The summed E-state index contributed by atoms with van der Waals surface area (Å²) in [6.45, 7) is 0.639. The van der Waals surface area contributed by atoms with E-state index in [2.05, 4.69) is 16.7 Å². The number of halogens is 1. The van der Waals surface area contributed by atoms with E-state index in [9.17, 15) is 4.79 Å². The average molecular weight is 376 g/mol. The van der Waals surface area contributed by atoms with Crippen molar-refractivity contribution in [1.82, 2.24) is 4.57 Å². The highest BCUT2D eigenvalue weighted by atomic mass is 35.5. The van der Waals surface area contributed by atoms with Crippen molar-refractivity contribution >= 4 is 28.5 Å². The maximum atomic E-state index is 12.7. The van der Waals surface area contributed by atoms with Crippen LogP contribution in [0.2, 0.25) is 5.02 Å². The molecule has 27 heavy (non-hydrogen) atoms. The molecule has 0 fully saturated rings. The van der Waals surface area contributed by atoms with E-state index in [1.165, 1.54) is 7.11 Å². The van der Waals surface area contributed by atoms with Crippen LogP contribution in [-0.2, 0) is 11.3 Å². The van der Waals surface area contributed by atoms with Gasteiger partial charge < -0.3 is 9.30 Å². The fourth-order valence-electron chi connectivity index (χ4n) is 3.46. The van der Waals surface area contributed by atoms with Crippen molar-refractivity contribution in [3.05, 3.63) is 95.0 Å². The number of hydrogen-bond donors (Lipinski definition) is 0. The molecule has 0 aliphatic carbocycles. The molecule has 0 amide bonds. The Bertz CT molecular complexity index is 1100. The molecule has 0 bridgehead atoms. The number of aromatic nitrogens is 1. The Balaban J connectivity index is 2.06. The Morgan fingerprint density at radius 1 is 0.963 bits per heavy atom. The third-order valence-electron chi connectivity index (χ3n) is 4.65. The fourth-order valence-corrected chi connectivity index (χ4v) is 3.63. The number of rotatable bonds is 4. The summed E-state index contributed by atoms with van der Waals surface area (Å²) >= 11 is 6.24. The van der Waals surface area contributed by atoms with Gasteiger partial charge in [-0.15, -0.1) is 0 Å². The van der Waals surface area contributed by atoms with Gasteiger partial charge in [-0.3, -0.25) is 0 Å². The second-order valence-corrected chi connectivity index (χ2v) is 6.75. The van der Waals surface area contributed by atoms with Crippen molar-refractivity contribution in [2.75, 3.05) is 7.11 Å². The van der Waals surface area contributed by atoms with Gasteiger partial charge in [-0.25, -0.2) is 4.79 Å². The van der Waals surface area contributed by atoms with Crippen LogP contribution in [0.4, 0.5) is 0 Å². The third kappa shape index (κ3) is 3.22. The number of carbonyl (C=O) groups excluding carboxylic acids is 1. The quantitative estimate of drug-likeness (QED) is 0.422. The zero-order valence-electron chi connectivity index (χ0n) is 14.9. The molecule has 0 saturated heterocycles. The van der Waals surface area contributed by atoms with E-state index in [1.807, 2.05) is 66.7 Å². The summed E-state index contributed by atoms with van der Waals surface area (Å²) in [7, 11) is 1.40. The molecule has 3 aromatic carbocycles. The molecular weight excluding hydrogens is 358 g/mol. The van der Waals surface area contributed by atoms with Crippen molar-refractivity contribution in [2.45, 2.75) is 6.54 Å². The Kier molecular flexibility index (Phi) is 4.69. The molecule has 1 aromatic heterocycles. The van der Waals surface area contributed by atoms with Gasteiger partial charge in [0.2, 0.25) is 0 Å². The number of ether oxygens (including phenoxy) is 1. The zero-order chi connectivity index (χ0) is 18.8. The van der Waals surface area contributed by atoms with Crippen molar-refractivity contribution in [1.29, 1.82) is 0 Å². The second-order valence-electron chi connectivity index (χ2n) is 6.31. The van der Waals surface area contributed by atoms with E-state index in [-0.39, 0.29) is 5.97 Å². The molecule has 0 radical (unpaired) electrons. The molecule has 0 aliphatic heterocycles. The number of carbonyl (C=O) groups is 1. The van der Waals surface area contributed by atoms with Gasteiger partial charge in [0.05, 0.1) is 18.4 Å². The minimum atomic E-state index is -0.368. The van der Waals surface area contributed by atoms with E-state index in [0.29, 0.717) is 17.1 Å². The molecule has 0 saturated carbocycles. The number of fused-ring (bicyclic) bond motifs is 1. The van der Waals surface area contributed by atoms with Gasteiger partial charge in [0.25, 0.3) is 0 Å². The Morgan fingerprint density at radius 3 is 2.30 bits per heavy atom. The van der Waals surface area contributed by atoms with Crippen LogP contribution in [0.25, 0.3) is 22.2 Å². The van der Waals surface area contributed by atoms with Crippen LogP contribution in [0.15, 0.2) is 78.9 Å². The maximum Gasteiger partial charge on any atom is 0.340 e. The van der Waals surface area contributed by atoms with Gasteiger partial charge in [0, 0.05) is 22.5 Å². The van der Waals surface area contributed by atoms with Crippen molar-refractivity contribution in [2.24, 2.45) is 0 Å². The van der Waals surface area contributed by atoms with Crippen LogP contribution < -0.4 is 0 Å². The number of benzene rings is 3.